The van der Waals surface area contributed by atoms with Gasteiger partial charge in [0.2, 0.25) is 0 Å². The number of likely N-dealkylation sites (tertiary alicyclic amines) is 1. The standard InChI is InChI=1S/C19H22N2O5/c1-25-15-3-2-12-6-13(17(22)20-16(12)7-15)8-21-9-14-4-5-26-11-19(14,10-21)18(23)24/h2-3,6-7,14H,4-5,8-11H2,1H3,(H,20,22)(H,23,24)/t14-,19+/m0/s1. The van der Waals surface area contributed by atoms with E-state index in [0.717, 1.165) is 17.3 Å². The molecular weight excluding hydrogens is 336 g/mol. The third-order valence-electron chi connectivity index (χ3n) is 5.69. The fourth-order valence-corrected chi connectivity index (χ4v) is 4.23. The van der Waals surface area contributed by atoms with Gasteiger partial charge in [-0.1, -0.05) is 0 Å². The number of nitrogens with one attached hydrogen (secondary N) is 1. The molecule has 7 nitrogen and oxygen atoms in total. The van der Waals surface area contributed by atoms with Gasteiger partial charge in [-0.3, -0.25) is 14.5 Å². The monoisotopic (exact) mass is 358 g/mol. The second-order valence-corrected chi connectivity index (χ2v) is 7.25. The molecule has 2 fully saturated rings. The zero-order chi connectivity index (χ0) is 18.3. The zero-order valence-corrected chi connectivity index (χ0v) is 14.7. The van der Waals surface area contributed by atoms with E-state index in [1.807, 2.05) is 18.2 Å². The minimum Gasteiger partial charge on any atom is -0.497 e. The molecule has 2 aliphatic heterocycles. The Balaban J connectivity index is 1.60. The molecule has 0 saturated carbocycles. The van der Waals surface area contributed by atoms with Gasteiger partial charge in [-0.15, -0.1) is 0 Å². The first-order chi connectivity index (χ1) is 12.5. The molecule has 0 unspecified atom stereocenters. The highest BCUT2D eigenvalue weighted by atomic mass is 16.5. The van der Waals surface area contributed by atoms with Gasteiger partial charge >= 0.3 is 5.97 Å². The fraction of sp³-hybridized carbons (Fsp3) is 0.474. The van der Waals surface area contributed by atoms with Crippen LogP contribution in [0.4, 0.5) is 0 Å². The number of pyridine rings is 1. The van der Waals surface area contributed by atoms with Crippen LogP contribution in [-0.2, 0) is 16.1 Å². The Kier molecular flexibility index (Phi) is 4.20. The van der Waals surface area contributed by atoms with Gasteiger partial charge in [0.05, 0.1) is 19.2 Å². The van der Waals surface area contributed by atoms with Crippen LogP contribution in [0.25, 0.3) is 10.9 Å². The minimum absolute atomic E-state index is 0.0672. The highest BCUT2D eigenvalue weighted by molar-refractivity contribution is 5.80. The summed E-state index contributed by atoms with van der Waals surface area (Å²) in [6.07, 6.45) is 0.747. The topological polar surface area (TPSA) is 91.9 Å². The summed E-state index contributed by atoms with van der Waals surface area (Å²) >= 11 is 0. The van der Waals surface area contributed by atoms with E-state index in [0.29, 0.717) is 37.6 Å². The van der Waals surface area contributed by atoms with Gasteiger partial charge in [0.15, 0.2) is 0 Å². The van der Waals surface area contributed by atoms with Gasteiger partial charge < -0.3 is 19.6 Å². The van der Waals surface area contributed by atoms with Crippen molar-refractivity contribution < 1.29 is 19.4 Å². The molecule has 4 rings (SSSR count). The van der Waals surface area contributed by atoms with Crippen LogP contribution in [0.5, 0.6) is 5.75 Å². The number of ether oxygens (including phenoxy) is 2. The van der Waals surface area contributed by atoms with Crippen LogP contribution in [0, 0.1) is 11.3 Å². The number of rotatable bonds is 4. The predicted octanol–water partition coefficient (Wildman–Crippen LogP) is 1.46. The third kappa shape index (κ3) is 2.77. The third-order valence-corrected chi connectivity index (χ3v) is 5.69. The first-order valence-electron chi connectivity index (χ1n) is 8.75. The van der Waals surface area contributed by atoms with Crippen molar-refractivity contribution in [3.8, 4) is 5.75 Å². The lowest BCUT2D eigenvalue weighted by atomic mass is 9.76. The molecule has 0 radical (unpaired) electrons. The summed E-state index contributed by atoms with van der Waals surface area (Å²) in [4.78, 5) is 29.3. The number of fused-ring (bicyclic) bond motifs is 2. The van der Waals surface area contributed by atoms with Crippen molar-refractivity contribution in [2.75, 3.05) is 33.4 Å². The molecule has 0 bridgehead atoms. The number of nitrogens with zero attached hydrogens (tertiary/aromatic N) is 1. The van der Waals surface area contributed by atoms with E-state index in [1.165, 1.54) is 0 Å². The number of aromatic nitrogens is 1. The van der Waals surface area contributed by atoms with Gasteiger partial charge in [0.25, 0.3) is 5.56 Å². The van der Waals surface area contributed by atoms with Crippen LogP contribution in [0.2, 0.25) is 0 Å². The van der Waals surface area contributed by atoms with E-state index in [1.54, 1.807) is 13.2 Å². The summed E-state index contributed by atoms with van der Waals surface area (Å²) < 4.78 is 10.7. The van der Waals surface area contributed by atoms with Crippen molar-refractivity contribution in [2.45, 2.75) is 13.0 Å². The average Bonchev–Trinajstić information content (AvgIpc) is 3.01. The summed E-state index contributed by atoms with van der Waals surface area (Å²) in [5.74, 6) is -0.0466. The Morgan fingerprint density at radius 1 is 1.46 bits per heavy atom. The second kappa shape index (κ2) is 6.41. The van der Waals surface area contributed by atoms with Crippen molar-refractivity contribution in [1.82, 2.24) is 9.88 Å². The number of benzene rings is 1. The molecule has 2 aromatic rings. The van der Waals surface area contributed by atoms with Crippen LogP contribution in [0.15, 0.2) is 29.1 Å². The van der Waals surface area contributed by atoms with E-state index in [-0.39, 0.29) is 18.1 Å². The van der Waals surface area contributed by atoms with E-state index in [2.05, 4.69) is 9.88 Å². The maximum absolute atomic E-state index is 12.5. The normalized spacial score (nSPS) is 26.0. The number of aliphatic carboxylic acids is 1. The molecule has 138 valence electrons. The molecule has 0 spiro atoms. The Morgan fingerprint density at radius 3 is 3.04 bits per heavy atom. The molecule has 26 heavy (non-hydrogen) atoms. The van der Waals surface area contributed by atoms with Gasteiger partial charge in [0.1, 0.15) is 11.2 Å². The van der Waals surface area contributed by atoms with E-state index >= 15 is 0 Å². The lowest BCUT2D eigenvalue weighted by Gasteiger charge is -2.34. The minimum atomic E-state index is -0.852. The maximum atomic E-state index is 12.5. The number of H-pyrrole nitrogens is 1. The summed E-state index contributed by atoms with van der Waals surface area (Å²) in [7, 11) is 1.59. The molecule has 2 aliphatic rings. The van der Waals surface area contributed by atoms with Crippen LogP contribution in [0.3, 0.4) is 0 Å². The number of carboxylic acid groups (broad SMARTS) is 1. The molecular formula is C19H22N2O5. The number of methoxy groups -OCH3 is 1. The SMILES string of the molecule is COc1ccc2cc(CN3C[C@@H]4CCOC[C@]4(C(=O)O)C3)c(=O)[nH]c2c1. The maximum Gasteiger partial charge on any atom is 0.313 e. The molecule has 2 N–H and O–H groups in total. The predicted molar refractivity (Wildman–Crippen MR) is 95.4 cm³/mol. The van der Waals surface area contributed by atoms with Gasteiger partial charge in [0, 0.05) is 37.9 Å². The lowest BCUT2D eigenvalue weighted by molar-refractivity contribution is -0.159. The molecule has 7 heteroatoms. The Morgan fingerprint density at radius 2 is 2.31 bits per heavy atom. The second-order valence-electron chi connectivity index (χ2n) is 7.25. The quantitative estimate of drug-likeness (QED) is 0.860. The number of hydrogen-bond acceptors (Lipinski definition) is 5. The van der Waals surface area contributed by atoms with Crippen molar-refractivity contribution >= 4 is 16.9 Å². The number of hydrogen-bond donors (Lipinski definition) is 2. The molecule has 0 aliphatic carbocycles. The van der Waals surface area contributed by atoms with Gasteiger partial charge in [-0.05, 0) is 35.9 Å². The summed E-state index contributed by atoms with van der Waals surface area (Å²) in [5, 5.41) is 10.7. The molecule has 2 atom stereocenters. The summed E-state index contributed by atoms with van der Waals surface area (Å²) in [6.45, 7) is 2.37. The van der Waals surface area contributed by atoms with Crippen LogP contribution < -0.4 is 10.3 Å². The molecule has 1 aromatic carbocycles. The van der Waals surface area contributed by atoms with Crippen LogP contribution in [-0.4, -0.2) is 54.4 Å². The first kappa shape index (κ1) is 17.1. The molecule has 2 saturated heterocycles. The molecule has 3 heterocycles. The smallest absolute Gasteiger partial charge is 0.313 e. The van der Waals surface area contributed by atoms with Crippen molar-refractivity contribution in [3.05, 3.63) is 40.2 Å². The van der Waals surface area contributed by atoms with E-state index in [4.69, 9.17) is 9.47 Å². The van der Waals surface area contributed by atoms with Crippen molar-refractivity contribution in [1.29, 1.82) is 0 Å². The van der Waals surface area contributed by atoms with Crippen LogP contribution in [0.1, 0.15) is 12.0 Å². The largest absolute Gasteiger partial charge is 0.497 e. The zero-order valence-electron chi connectivity index (χ0n) is 14.7. The van der Waals surface area contributed by atoms with Crippen molar-refractivity contribution in [2.24, 2.45) is 11.3 Å². The number of carbonyl (C=O) groups is 1. The van der Waals surface area contributed by atoms with E-state index in [9.17, 15) is 14.7 Å². The highest BCUT2D eigenvalue weighted by Gasteiger charge is 2.54. The number of aromatic amines is 1. The highest BCUT2D eigenvalue weighted by Crippen LogP contribution is 2.42. The van der Waals surface area contributed by atoms with E-state index < -0.39 is 11.4 Å². The Labute approximate surface area is 150 Å². The molecule has 1 aromatic heterocycles. The Bertz CT molecular complexity index is 908. The first-order valence-corrected chi connectivity index (χ1v) is 8.75. The summed E-state index contributed by atoms with van der Waals surface area (Å²) in [6, 6.07) is 7.43. The summed E-state index contributed by atoms with van der Waals surface area (Å²) in [5.41, 5.74) is 0.363. The lowest BCUT2D eigenvalue weighted by Crippen LogP contribution is -2.46. The van der Waals surface area contributed by atoms with Gasteiger partial charge in [-0.25, -0.2) is 0 Å². The molecule has 0 amide bonds. The average molecular weight is 358 g/mol. The Hall–Kier alpha value is -2.38. The number of carboxylic acids is 1. The van der Waals surface area contributed by atoms with Gasteiger partial charge in [-0.2, -0.15) is 0 Å². The van der Waals surface area contributed by atoms with Crippen LogP contribution >= 0.6 is 0 Å². The fourth-order valence-electron chi connectivity index (χ4n) is 4.23. The van der Waals surface area contributed by atoms with Crippen molar-refractivity contribution in [3.63, 3.8) is 0 Å².